The van der Waals surface area contributed by atoms with Gasteiger partial charge in [-0.15, -0.1) is 22.7 Å². The maximum Gasteiger partial charge on any atom is 0.147 e. The summed E-state index contributed by atoms with van der Waals surface area (Å²) in [5.74, 6) is -3.07. The fourth-order valence-corrected chi connectivity index (χ4v) is 8.74. The standard InChI is InChI=1S/C38H22N4S2/c39-20-24(21-40)37-36-29-11-4-2-9-27(29)26-8-1-3-10-28(26)35-30(12-5-13-32(35)33-14-6-18-43-33)31(36)16-17-38(37,25(22-41)23-42)34-15-7-19-44-34/h1-19,24-25,37H. The number of fused-ring (bicyclic) bond motifs is 7. The van der Waals surface area contributed by atoms with Crippen LogP contribution in [0.3, 0.4) is 0 Å². The number of hydrogen-bond acceptors (Lipinski definition) is 6. The Morgan fingerprint density at radius 1 is 0.591 bits per heavy atom. The Kier molecular flexibility index (Phi) is 6.81. The number of hydrogen-bond donors (Lipinski definition) is 0. The van der Waals surface area contributed by atoms with Crippen molar-refractivity contribution in [2.45, 2.75) is 5.41 Å². The third-order valence-electron chi connectivity index (χ3n) is 8.78. The third kappa shape index (κ3) is 3.91. The van der Waals surface area contributed by atoms with Gasteiger partial charge < -0.3 is 0 Å². The van der Waals surface area contributed by atoms with Crippen molar-refractivity contribution >= 4 is 33.8 Å². The Labute approximate surface area is 263 Å². The van der Waals surface area contributed by atoms with Gasteiger partial charge in [-0.1, -0.05) is 91.0 Å². The lowest BCUT2D eigenvalue weighted by molar-refractivity contribution is 0.336. The quantitative estimate of drug-likeness (QED) is 0.206. The van der Waals surface area contributed by atoms with E-state index >= 15 is 0 Å². The second-order valence-corrected chi connectivity index (χ2v) is 12.7. The summed E-state index contributed by atoms with van der Waals surface area (Å²) in [6.07, 6.45) is 3.96. The Morgan fingerprint density at radius 3 is 1.84 bits per heavy atom. The summed E-state index contributed by atoms with van der Waals surface area (Å²) in [6, 6.07) is 39.8. The van der Waals surface area contributed by atoms with E-state index in [4.69, 9.17) is 0 Å². The molecule has 0 spiro atoms. The molecule has 2 atom stereocenters. The summed E-state index contributed by atoms with van der Waals surface area (Å²) in [4.78, 5) is 1.92. The zero-order valence-electron chi connectivity index (χ0n) is 23.3. The monoisotopic (exact) mass is 598 g/mol. The van der Waals surface area contributed by atoms with E-state index < -0.39 is 23.2 Å². The number of nitriles is 4. The van der Waals surface area contributed by atoms with Crippen molar-refractivity contribution in [3.63, 3.8) is 0 Å². The van der Waals surface area contributed by atoms with Crippen LogP contribution in [0.2, 0.25) is 0 Å². The van der Waals surface area contributed by atoms with Gasteiger partial charge in [-0.05, 0) is 67.4 Å². The predicted octanol–water partition coefficient (Wildman–Crippen LogP) is 9.49. The Bertz CT molecular complexity index is 2120. The first-order valence-corrected chi connectivity index (χ1v) is 15.9. The van der Waals surface area contributed by atoms with Crippen LogP contribution in [-0.4, -0.2) is 0 Å². The van der Waals surface area contributed by atoms with Crippen LogP contribution in [0.1, 0.15) is 16.0 Å². The van der Waals surface area contributed by atoms with Gasteiger partial charge >= 0.3 is 0 Å². The van der Waals surface area contributed by atoms with E-state index in [1.165, 1.54) is 11.3 Å². The molecule has 0 saturated carbocycles. The van der Waals surface area contributed by atoms with Crippen molar-refractivity contribution in [3.05, 3.63) is 130 Å². The fourth-order valence-electron chi connectivity index (χ4n) is 7.00. The fraction of sp³-hybridized carbons (Fsp3) is 0.105. The zero-order valence-corrected chi connectivity index (χ0v) is 24.9. The zero-order chi connectivity index (χ0) is 30.3. The third-order valence-corrected chi connectivity index (χ3v) is 10.7. The second-order valence-electron chi connectivity index (χ2n) is 10.8. The summed E-state index contributed by atoms with van der Waals surface area (Å²) >= 11 is 3.12. The summed E-state index contributed by atoms with van der Waals surface area (Å²) < 4.78 is 0. The number of nitrogens with zero attached hydrogens (tertiary/aromatic N) is 4. The van der Waals surface area contributed by atoms with E-state index in [0.717, 1.165) is 59.8 Å². The van der Waals surface area contributed by atoms with Crippen LogP contribution >= 0.6 is 22.7 Å². The molecule has 2 aliphatic rings. The lowest BCUT2D eigenvalue weighted by Crippen LogP contribution is -2.45. The molecular formula is C38H22N4S2. The summed E-state index contributed by atoms with van der Waals surface area (Å²) in [6.45, 7) is 0. The van der Waals surface area contributed by atoms with Crippen molar-refractivity contribution in [2.75, 3.05) is 0 Å². The molecule has 2 aliphatic carbocycles. The Morgan fingerprint density at radius 2 is 1.20 bits per heavy atom. The van der Waals surface area contributed by atoms with Crippen molar-refractivity contribution in [1.29, 1.82) is 21.0 Å². The largest absolute Gasteiger partial charge is 0.197 e. The van der Waals surface area contributed by atoms with Gasteiger partial charge in [0.05, 0.1) is 29.7 Å². The normalized spacial score (nSPS) is 18.0. The minimum Gasteiger partial charge on any atom is -0.197 e. The molecule has 4 nitrogen and oxygen atoms in total. The molecule has 0 fully saturated rings. The van der Waals surface area contributed by atoms with E-state index in [-0.39, 0.29) is 0 Å². The molecule has 3 aromatic carbocycles. The van der Waals surface area contributed by atoms with Crippen LogP contribution < -0.4 is 0 Å². The summed E-state index contributed by atoms with van der Waals surface area (Å²) in [5, 5.41) is 45.9. The molecule has 6 heteroatoms. The minimum atomic E-state index is -1.22. The maximum atomic E-state index is 10.5. The van der Waals surface area contributed by atoms with Gasteiger partial charge in [-0.25, -0.2) is 0 Å². The van der Waals surface area contributed by atoms with Crippen LogP contribution in [0.25, 0.3) is 43.8 Å². The molecule has 7 rings (SSSR count). The second kappa shape index (κ2) is 11.0. The van der Waals surface area contributed by atoms with E-state index in [9.17, 15) is 21.0 Å². The topological polar surface area (TPSA) is 95.2 Å². The average molecular weight is 599 g/mol. The van der Waals surface area contributed by atoms with Crippen molar-refractivity contribution in [1.82, 2.24) is 0 Å². The van der Waals surface area contributed by atoms with Crippen LogP contribution in [0.5, 0.6) is 0 Å². The van der Waals surface area contributed by atoms with E-state index in [0.29, 0.717) is 0 Å². The molecular weight excluding hydrogens is 577 g/mol. The molecule has 0 radical (unpaired) electrons. The molecule has 0 saturated heterocycles. The smallest absolute Gasteiger partial charge is 0.147 e. The van der Waals surface area contributed by atoms with Crippen molar-refractivity contribution < 1.29 is 0 Å². The van der Waals surface area contributed by atoms with Gasteiger partial charge in [0.25, 0.3) is 0 Å². The minimum absolute atomic E-state index is 0.779. The Hall–Kier alpha value is -5.50. The SMILES string of the molecule is N#CC(C#N)C1C2=C(C=CC1(c1cccs1)C(C#N)C#N)c1cccc(-c3cccs3)c1-c1ccccc1-c1ccccc12. The van der Waals surface area contributed by atoms with Crippen LogP contribution in [0.4, 0.5) is 0 Å². The first-order valence-electron chi connectivity index (χ1n) is 14.1. The summed E-state index contributed by atoms with van der Waals surface area (Å²) in [7, 11) is 0. The van der Waals surface area contributed by atoms with Gasteiger partial charge in [0, 0.05) is 21.2 Å². The molecule has 0 N–H and O–H groups in total. The highest BCUT2D eigenvalue weighted by Crippen LogP contribution is 2.59. The molecule has 0 bridgehead atoms. The van der Waals surface area contributed by atoms with Crippen molar-refractivity contribution in [2.24, 2.45) is 17.8 Å². The van der Waals surface area contributed by atoms with Gasteiger partial charge in [0.2, 0.25) is 0 Å². The molecule has 206 valence electrons. The molecule has 0 aliphatic heterocycles. The van der Waals surface area contributed by atoms with Crippen LogP contribution in [0, 0.1) is 63.1 Å². The van der Waals surface area contributed by atoms with E-state index in [1.807, 2.05) is 53.9 Å². The molecule has 5 aromatic rings. The Balaban J connectivity index is 1.69. The molecule has 2 unspecified atom stereocenters. The molecule has 2 heterocycles. The molecule has 44 heavy (non-hydrogen) atoms. The van der Waals surface area contributed by atoms with Crippen molar-refractivity contribution in [3.8, 4) is 57.0 Å². The number of benzene rings is 3. The summed E-state index contributed by atoms with van der Waals surface area (Å²) in [5.41, 5.74) is 7.62. The number of thiophene rings is 2. The van der Waals surface area contributed by atoms with Gasteiger partial charge in [-0.3, -0.25) is 0 Å². The van der Waals surface area contributed by atoms with E-state index in [1.54, 1.807) is 11.3 Å². The predicted molar refractivity (Wildman–Crippen MR) is 175 cm³/mol. The lowest BCUT2D eigenvalue weighted by atomic mass is 9.55. The van der Waals surface area contributed by atoms with Gasteiger partial charge in [0.15, 0.2) is 0 Å². The highest BCUT2D eigenvalue weighted by Gasteiger charge is 2.54. The first-order chi connectivity index (χ1) is 21.7. The van der Waals surface area contributed by atoms with Crippen LogP contribution in [0.15, 0.2) is 114 Å². The number of rotatable bonds is 4. The van der Waals surface area contributed by atoms with Crippen LogP contribution in [-0.2, 0) is 5.41 Å². The molecule has 0 amide bonds. The lowest BCUT2D eigenvalue weighted by Gasteiger charge is -2.45. The van der Waals surface area contributed by atoms with Gasteiger partial charge in [0.1, 0.15) is 11.8 Å². The number of allylic oxidation sites excluding steroid dienone is 4. The average Bonchev–Trinajstić information content (AvgIpc) is 3.81. The first kappa shape index (κ1) is 27.3. The van der Waals surface area contributed by atoms with E-state index in [2.05, 4.69) is 84.3 Å². The highest BCUT2D eigenvalue weighted by molar-refractivity contribution is 7.13. The highest BCUT2D eigenvalue weighted by atomic mass is 32.1. The maximum absolute atomic E-state index is 10.5. The van der Waals surface area contributed by atoms with Gasteiger partial charge in [-0.2, -0.15) is 21.0 Å². The molecule has 2 aromatic heterocycles.